The largest absolute Gasteiger partial charge is 0.417 e. The van der Waals surface area contributed by atoms with E-state index in [0.717, 1.165) is 12.1 Å². The lowest BCUT2D eigenvalue weighted by Gasteiger charge is -2.11. The number of aromatic nitrogens is 2. The zero-order valence-corrected chi connectivity index (χ0v) is 10.5. The summed E-state index contributed by atoms with van der Waals surface area (Å²) in [6, 6.07) is 3.10. The Labute approximate surface area is 116 Å². The molecule has 0 saturated carbocycles. The number of hydrogen-bond acceptors (Lipinski definition) is 3. The SMILES string of the molecule is O=C(Nc1ccc(Cl)c(C(F)(F)F)c1)c1cnccn1. The van der Waals surface area contributed by atoms with Crippen LogP contribution >= 0.6 is 11.6 Å². The fraction of sp³-hybridized carbons (Fsp3) is 0.0833. The molecule has 0 aliphatic heterocycles. The number of carbonyl (C=O) groups excluding carboxylic acids is 1. The van der Waals surface area contributed by atoms with Gasteiger partial charge in [0, 0.05) is 18.1 Å². The van der Waals surface area contributed by atoms with Crippen molar-refractivity contribution in [3.8, 4) is 0 Å². The molecule has 1 heterocycles. The molecule has 2 aromatic rings. The molecule has 0 aliphatic rings. The topological polar surface area (TPSA) is 54.9 Å². The van der Waals surface area contributed by atoms with Gasteiger partial charge < -0.3 is 5.32 Å². The quantitative estimate of drug-likeness (QED) is 0.925. The highest BCUT2D eigenvalue weighted by Gasteiger charge is 2.33. The lowest BCUT2D eigenvalue weighted by atomic mass is 10.2. The third-order valence-electron chi connectivity index (χ3n) is 2.33. The molecule has 104 valence electrons. The molecule has 4 nitrogen and oxygen atoms in total. The predicted octanol–water partition coefficient (Wildman–Crippen LogP) is 3.40. The highest BCUT2D eigenvalue weighted by Crippen LogP contribution is 2.36. The summed E-state index contributed by atoms with van der Waals surface area (Å²) in [5.41, 5.74) is -1.05. The number of alkyl halides is 3. The summed E-state index contributed by atoms with van der Waals surface area (Å²) in [7, 11) is 0. The van der Waals surface area contributed by atoms with Gasteiger partial charge in [-0.3, -0.25) is 9.78 Å². The van der Waals surface area contributed by atoms with Gasteiger partial charge in [0.1, 0.15) is 5.69 Å². The van der Waals surface area contributed by atoms with E-state index in [4.69, 9.17) is 11.6 Å². The Morgan fingerprint density at radius 2 is 2.00 bits per heavy atom. The Hall–Kier alpha value is -2.15. The average Bonchev–Trinajstić information content (AvgIpc) is 2.40. The lowest BCUT2D eigenvalue weighted by molar-refractivity contribution is -0.137. The van der Waals surface area contributed by atoms with Gasteiger partial charge in [-0.1, -0.05) is 11.6 Å². The second-order valence-corrected chi connectivity index (χ2v) is 4.14. The smallest absolute Gasteiger partial charge is 0.321 e. The third-order valence-corrected chi connectivity index (χ3v) is 2.66. The minimum absolute atomic E-state index is 0.00370. The van der Waals surface area contributed by atoms with Gasteiger partial charge in [-0.05, 0) is 18.2 Å². The Bertz CT molecular complexity index is 632. The van der Waals surface area contributed by atoms with E-state index in [1.807, 2.05) is 0 Å². The van der Waals surface area contributed by atoms with Crippen molar-refractivity contribution in [2.24, 2.45) is 0 Å². The maximum absolute atomic E-state index is 12.7. The Kier molecular flexibility index (Phi) is 3.89. The van der Waals surface area contributed by atoms with Crippen LogP contribution in [0.15, 0.2) is 36.8 Å². The van der Waals surface area contributed by atoms with Crippen molar-refractivity contribution in [1.82, 2.24) is 9.97 Å². The van der Waals surface area contributed by atoms with Crippen LogP contribution in [0.1, 0.15) is 16.1 Å². The zero-order chi connectivity index (χ0) is 14.8. The van der Waals surface area contributed by atoms with E-state index < -0.39 is 22.7 Å². The summed E-state index contributed by atoms with van der Waals surface area (Å²) < 4.78 is 38.0. The number of rotatable bonds is 2. The zero-order valence-electron chi connectivity index (χ0n) is 9.78. The molecular formula is C12H7ClF3N3O. The van der Waals surface area contributed by atoms with Crippen molar-refractivity contribution in [1.29, 1.82) is 0 Å². The van der Waals surface area contributed by atoms with E-state index in [2.05, 4.69) is 15.3 Å². The number of benzene rings is 1. The van der Waals surface area contributed by atoms with Crippen LogP contribution in [0.2, 0.25) is 5.02 Å². The van der Waals surface area contributed by atoms with Crippen LogP contribution in [0.3, 0.4) is 0 Å². The molecular weight excluding hydrogens is 295 g/mol. The molecule has 1 aromatic heterocycles. The van der Waals surface area contributed by atoms with E-state index in [9.17, 15) is 18.0 Å². The Morgan fingerprint density at radius 1 is 1.25 bits per heavy atom. The molecule has 0 radical (unpaired) electrons. The normalized spacial score (nSPS) is 11.2. The molecule has 0 aliphatic carbocycles. The van der Waals surface area contributed by atoms with Crippen LogP contribution in [0.5, 0.6) is 0 Å². The van der Waals surface area contributed by atoms with E-state index in [0.29, 0.717) is 0 Å². The Balaban J connectivity index is 2.25. The molecule has 1 amide bonds. The Morgan fingerprint density at radius 3 is 2.60 bits per heavy atom. The number of amides is 1. The van der Waals surface area contributed by atoms with E-state index in [1.54, 1.807) is 0 Å². The van der Waals surface area contributed by atoms with Crippen LogP contribution < -0.4 is 5.32 Å². The van der Waals surface area contributed by atoms with E-state index >= 15 is 0 Å². The van der Waals surface area contributed by atoms with Crippen molar-refractivity contribution < 1.29 is 18.0 Å². The number of hydrogen-bond donors (Lipinski definition) is 1. The van der Waals surface area contributed by atoms with Gasteiger partial charge in [0.05, 0.1) is 16.8 Å². The first-order valence-corrected chi connectivity index (χ1v) is 5.70. The van der Waals surface area contributed by atoms with Crippen LogP contribution in [0.25, 0.3) is 0 Å². The molecule has 0 fully saturated rings. The molecule has 0 spiro atoms. The standard InChI is InChI=1S/C12H7ClF3N3O/c13-9-2-1-7(5-8(9)12(14,15)16)19-11(20)10-6-17-3-4-18-10/h1-6H,(H,19,20). The number of carbonyl (C=O) groups is 1. The van der Waals surface area contributed by atoms with Gasteiger partial charge in [0.2, 0.25) is 0 Å². The summed E-state index contributed by atoms with van der Waals surface area (Å²) in [5.74, 6) is -0.659. The summed E-state index contributed by atoms with van der Waals surface area (Å²) in [6.07, 6.45) is -0.709. The van der Waals surface area contributed by atoms with Gasteiger partial charge in [-0.15, -0.1) is 0 Å². The average molecular weight is 302 g/mol. The molecule has 0 atom stereocenters. The van der Waals surface area contributed by atoms with Gasteiger partial charge in [-0.25, -0.2) is 4.98 Å². The van der Waals surface area contributed by atoms with Crippen LogP contribution in [-0.2, 0) is 6.18 Å². The summed E-state index contributed by atoms with van der Waals surface area (Å²) in [6.45, 7) is 0. The first-order chi connectivity index (χ1) is 9.38. The predicted molar refractivity (Wildman–Crippen MR) is 66.4 cm³/mol. The molecule has 0 unspecified atom stereocenters. The van der Waals surface area contributed by atoms with Crippen molar-refractivity contribution in [3.63, 3.8) is 0 Å². The van der Waals surface area contributed by atoms with Crippen molar-refractivity contribution in [3.05, 3.63) is 53.1 Å². The maximum Gasteiger partial charge on any atom is 0.417 e. The first-order valence-electron chi connectivity index (χ1n) is 5.32. The number of nitrogens with one attached hydrogen (secondary N) is 1. The van der Waals surface area contributed by atoms with Gasteiger partial charge >= 0.3 is 6.18 Å². The number of halogens is 4. The summed E-state index contributed by atoms with van der Waals surface area (Å²) in [4.78, 5) is 19.2. The molecule has 8 heteroatoms. The van der Waals surface area contributed by atoms with Crippen LogP contribution in [0, 0.1) is 0 Å². The third kappa shape index (κ3) is 3.24. The fourth-order valence-electron chi connectivity index (χ4n) is 1.43. The van der Waals surface area contributed by atoms with Crippen molar-refractivity contribution in [2.45, 2.75) is 6.18 Å². The summed E-state index contributed by atoms with van der Waals surface area (Å²) in [5, 5.41) is 1.86. The highest BCUT2D eigenvalue weighted by atomic mass is 35.5. The number of nitrogens with zero attached hydrogens (tertiary/aromatic N) is 2. The molecule has 1 N–H and O–H groups in total. The summed E-state index contributed by atoms with van der Waals surface area (Å²) >= 11 is 5.48. The number of anilines is 1. The maximum atomic E-state index is 12.7. The molecule has 0 bridgehead atoms. The lowest BCUT2D eigenvalue weighted by Crippen LogP contribution is -2.15. The van der Waals surface area contributed by atoms with Crippen LogP contribution in [0.4, 0.5) is 18.9 Å². The molecule has 20 heavy (non-hydrogen) atoms. The van der Waals surface area contributed by atoms with E-state index in [-0.39, 0.29) is 11.4 Å². The minimum Gasteiger partial charge on any atom is -0.321 e. The van der Waals surface area contributed by atoms with Crippen LogP contribution in [-0.4, -0.2) is 15.9 Å². The second-order valence-electron chi connectivity index (χ2n) is 3.74. The minimum atomic E-state index is -4.59. The van der Waals surface area contributed by atoms with Gasteiger partial charge in [-0.2, -0.15) is 13.2 Å². The van der Waals surface area contributed by atoms with Crippen molar-refractivity contribution >= 4 is 23.2 Å². The molecule has 2 rings (SSSR count). The monoisotopic (exact) mass is 301 g/mol. The van der Waals surface area contributed by atoms with Gasteiger partial charge in [0.15, 0.2) is 0 Å². The highest BCUT2D eigenvalue weighted by molar-refractivity contribution is 6.31. The molecule has 1 aromatic carbocycles. The van der Waals surface area contributed by atoms with E-state index in [1.165, 1.54) is 24.7 Å². The second kappa shape index (κ2) is 5.46. The molecule has 0 saturated heterocycles. The fourth-order valence-corrected chi connectivity index (χ4v) is 1.66. The van der Waals surface area contributed by atoms with Gasteiger partial charge in [0.25, 0.3) is 5.91 Å². The van der Waals surface area contributed by atoms with Crippen molar-refractivity contribution in [2.75, 3.05) is 5.32 Å². The first kappa shape index (κ1) is 14.3.